The van der Waals surface area contributed by atoms with Gasteiger partial charge in [-0.2, -0.15) is 4.31 Å². The van der Waals surface area contributed by atoms with Crippen LogP contribution in [0.5, 0.6) is 0 Å². The van der Waals surface area contributed by atoms with Crippen LogP contribution in [-0.2, 0) is 14.8 Å². The molecule has 1 aromatic rings. The van der Waals surface area contributed by atoms with E-state index in [1.807, 2.05) is 13.8 Å². The molecule has 2 rings (SSSR count). The molecule has 0 amide bonds. The fraction of sp³-hybridized carbons (Fsp3) is 0.545. The first-order chi connectivity index (χ1) is 8.41. The molecule has 0 spiro atoms. The normalized spacial score (nSPS) is 26.2. The first-order valence-corrected chi connectivity index (χ1v) is 7.48. The van der Waals surface area contributed by atoms with E-state index in [2.05, 4.69) is 4.98 Å². The van der Waals surface area contributed by atoms with Crippen molar-refractivity contribution < 1.29 is 13.2 Å². The highest BCUT2D eigenvalue weighted by molar-refractivity contribution is 7.89. The third-order valence-electron chi connectivity index (χ3n) is 2.86. The number of pyridine rings is 1. The minimum atomic E-state index is -3.53. The highest BCUT2D eigenvalue weighted by atomic mass is 35.5. The summed E-state index contributed by atoms with van der Waals surface area (Å²) in [6.07, 6.45) is 1.18. The number of sulfonamides is 1. The Balaban J connectivity index is 2.32. The fourth-order valence-electron chi connectivity index (χ4n) is 1.86. The Morgan fingerprint density at radius 2 is 2.17 bits per heavy atom. The van der Waals surface area contributed by atoms with Crippen LogP contribution in [0, 0.1) is 0 Å². The average Bonchev–Trinajstić information content (AvgIpc) is 2.32. The lowest BCUT2D eigenvalue weighted by Crippen LogP contribution is -2.50. The van der Waals surface area contributed by atoms with Crippen molar-refractivity contribution in [1.29, 1.82) is 0 Å². The summed E-state index contributed by atoms with van der Waals surface area (Å²) in [5.74, 6) is 0. The van der Waals surface area contributed by atoms with Gasteiger partial charge >= 0.3 is 0 Å². The number of nitrogens with zero attached hydrogens (tertiary/aromatic N) is 2. The zero-order valence-electron chi connectivity index (χ0n) is 10.2. The second-order valence-corrected chi connectivity index (χ2v) is 6.66. The lowest BCUT2D eigenvalue weighted by Gasteiger charge is -2.35. The van der Waals surface area contributed by atoms with Gasteiger partial charge in [-0.3, -0.25) is 0 Å². The van der Waals surface area contributed by atoms with Crippen molar-refractivity contribution in [2.45, 2.75) is 30.9 Å². The minimum absolute atomic E-state index is 0.101. The summed E-state index contributed by atoms with van der Waals surface area (Å²) in [6.45, 7) is 4.44. The molecule has 1 aromatic heterocycles. The number of morpholine rings is 1. The van der Waals surface area contributed by atoms with Crippen LogP contribution in [0.25, 0.3) is 0 Å². The van der Waals surface area contributed by atoms with Crippen LogP contribution in [0.15, 0.2) is 23.2 Å². The minimum Gasteiger partial charge on any atom is -0.375 e. The van der Waals surface area contributed by atoms with Gasteiger partial charge in [-0.25, -0.2) is 13.4 Å². The molecule has 100 valence electrons. The Kier molecular flexibility index (Phi) is 3.91. The second kappa shape index (κ2) is 5.13. The molecule has 1 aliphatic heterocycles. The van der Waals surface area contributed by atoms with Crippen molar-refractivity contribution in [2.75, 3.05) is 13.2 Å². The summed E-state index contributed by atoms with van der Waals surface area (Å²) in [5, 5.41) is 0.275. The molecule has 2 atom stereocenters. The van der Waals surface area contributed by atoms with E-state index in [-0.39, 0.29) is 22.2 Å². The Bertz CT molecular complexity index is 518. The molecule has 0 aliphatic carbocycles. The SMILES string of the molecule is C[C@H]1CN(S(=O)(=O)c2ccc(Cl)nc2)[C@@H](C)CO1. The van der Waals surface area contributed by atoms with Gasteiger partial charge < -0.3 is 4.74 Å². The summed E-state index contributed by atoms with van der Waals surface area (Å²) in [7, 11) is -3.53. The van der Waals surface area contributed by atoms with E-state index in [1.54, 1.807) is 0 Å². The summed E-state index contributed by atoms with van der Waals surface area (Å²) >= 11 is 5.66. The van der Waals surface area contributed by atoms with Crippen LogP contribution < -0.4 is 0 Å². The van der Waals surface area contributed by atoms with E-state index in [9.17, 15) is 8.42 Å². The highest BCUT2D eigenvalue weighted by Crippen LogP contribution is 2.22. The summed E-state index contributed by atoms with van der Waals surface area (Å²) < 4.78 is 31.8. The maximum Gasteiger partial charge on any atom is 0.245 e. The van der Waals surface area contributed by atoms with Crippen molar-refractivity contribution in [1.82, 2.24) is 9.29 Å². The first-order valence-electron chi connectivity index (χ1n) is 5.66. The maximum absolute atomic E-state index is 12.4. The Morgan fingerprint density at radius 1 is 1.44 bits per heavy atom. The topological polar surface area (TPSA) is 59.5 Å². The molecule has 0 radical (unpaired) electrons. The van der Waals surface area contributed by atoms with E-state index in [0.29, 0.717) is 13.2 Å². The average molecular weight is 291 g/mol. The molecule has 1 aliphatic rings. The molecule has 0 saturated carbocycles. The van der Waals surface area contributed by atoms with Crippen molar-refractivity contribution in [3.8, 4) is 0 Å². The predicted molar refractivity (Wildman–Crippen MR) is 68.0 cm³/mol. The number of ether oxygens (including phenoxy) is 1. The Labute approximate surface area is 112 Å². The van der Waals surface area contributed by atoms with E-state index in [0.717, 1.165) is 0 Å². The molecule has 0 aromatic carbocycles. The zero-order chi connectivity index (χ0) is 13.3. The molecule has 0 bridgehead atoms. The summed E-state index contributed by atoms with van der Waals surface area (Å²) in [4.78, 5) is 3.97. The number of hydrogen-bond acceptors (Lipinski definition) is 4. The van der Waals surface area contributed by atoms with Gasteiger partial charge in [0, 0.05) is 18.8 Å². The molecule has 0 unspecified atom stereocenters. The smallest absolute Gasteiger partial charge is 0.245 e. The molecule has 0 N–H and O–H groups in total. The Hall–Kier alpha value is -0.690. The van der Waals surface area contributed by atoms with E-state index in [4.69, 9.17) is 16.3 Å². The molecule has 5 nitrogen and oxygen atoms in total. The van der Waals surface area contributed by atoms with Gasteiger partial charge in [-0.05, 0) is 26.0 Å². The van der Waals surface area contributed by atoms with E-state index >= 15 is 0 Å². The molecule has 1 saturated heterocycles. The largest absolute Gasteiger partial charge is 0.375 e. The molecular formula is C11H15ClN2O3S. The zero-order valence-corrected chi connectivity index (χ0v) is 11.8. The molecule has 18 heavy (non-hydrogen) atoms. The van der Waals surface area contributed by atoms with Crippen molar-refractivity contribution in [2.24, 2.45) is 0 Å². The van der Waals surface area contributed by atoms with Crippen molar-refractivity contribution >= 4 is 21.6 Å². The monoisotopic (exact) mass is 290 g/mol. The fourth-order valence-corrected chi connectivity index (χ4v) is 3.61. The number of rotatable bonds is 2. The van der Waals surface area contributed by atoms with Gasteiger partial charge in [0.15, 0.2) is 0 Å². The van der Waals surface area contributed by atoms with Gasteiger partial charge in [-0.15, -0.1) is 0 Å². The highest BCUT2D eigenvalue weighted by Gasteiger charge is 2.34. The summed E-state index contributed by atoms with van der Waals surface area (Å²) in [6, 6.07) is 2.77. The van der Waals surface area contributed by atoms with Gasteiger partial charge in [-0.1, -0.05) is 11.6 Å². The summed E-state index contributed by atoms with van der Waals surface area (Å²) in [5.41, 5.74) is 0. The Morgan fingerprint density at radius 3 is 2.78 bits per heavy atom. The van der Waals surface area contributed by atoms with Crippen LogP contribution in [0.4, 0.5) is 0 Å². The molecule has 2 heterocycles. The van der Waals surface area contributed by atoms with Gasteiger partial charge in [0.1, 0.15) is 10.0 Å². The van der Waals surface area contributed by atoms with E-state index < -0.39 is 10.0 Å². The maximum atomic E-state index is 12.4. The quantitative estimate of drug-likeness (QED) is 0.775. The van der Waals surface area contributed by atoms with Crippen molar-refractivity contribution in [3.63, 3.8) is 0 Å². The molecule has 7 heteroatoms. The number of hydrogen-bond donors (Lipinski definition) is 0. The van der Waals surface area contributed by atoms with Crippen molar-refractivity contribution in [3.05, 3.63) is 23.5 Å². The van der Waals surface area contributed by atoms with Gasteiger partial charge in [0.2, 0.25) is 10.0 Å². The third-order valence-corrected chi connectivity index (χ3v) is 5.04. The van der Waals surface area contributed by atoms with Crippen LogP contribution in [-0.4, -0.2) is 43.0 Å². The van der Waals surface area contributed by atoms with Crippen LogP contribution in [0.2, 0.25) is 5.15 Å². The van der Waals surface area contributed by atoms with Gasteiger partial charge in [0.05, 0.1) is 12.7 Å². The second-order valence-electron chi connectivity index (χ2n) is 4.38. The number of halogens is 1. The molecule has 1 fully saturated rings. The lowest BCUT2D eigenvalue weighted by atomic mass is 10.2. The van der Waals surface area contributed by atoms with Gasteiger partial charge in [0.25, 0.3) is 0 Å². The molecular weight excluding hydrogens is 276 g/mol. The lowest BCUT2D eigenvalue weighted by molar-refractivity contribution is -0.0170. The third kappa shape index (κ3) is 2.66. The van der Waals surface area contributed by atoms with Crippen LogP contribution in [0.1, 0.15) is 13.8 Å². The van der Waals surface area contributed by atoms with Crippen LogP contribution >= 0.6 is 11.6 Å². The van der Waals surface area contributed by atoms with Crippen LogP contribution in [0.3, 0.4) is 0 Å². The number of aromatic nitrogens is 1. The van der Waals surface area contributed by atoms with E-state index in [1.165, 1.54) is 22.6 Å². The first kappa shape index (κ1) is 13.7. The standard InChI is InChI=1S/C11H15ClN2O3S/c1-8-7-17-9(2)6-14(8)18(15,16)10-3-4-11(12)13-5-10/h3-5,8-9H,6-7H2,1-2H3/t8-,9-/m0/s1. The predicted octanol–water partition coefficient (Wildman–Crippen LogP) is 1.53.